The SMILES string of the molecule is OC(c1ccc(C(F)(F)F)cc1)(c1ccc(C(F)(F)F)cc1)c1cc2ccccc2[nH]1. The Hall–Kier alpha value is -3.26. The summed E-state index contributed by atoms with van der Waals surface area (Å²) in [5.74, 6) is 0. The highest BCUT2D eigenvalue weighted by atomic mass is 19.4. The van der Waals surface area contributed by atoms with E-state index in [2.05, 4.69) is 4.98 Å². The molecule has 0 amide bonds. The molecule has 8 heteroatoms. The van der Waals surface area contributed by atoms with E-state index in [1.807, 2.05) is 0 Å². The molecule has 160 valence electrons. The summed E-state index contributed by atoms with van der Waals surface area (Å²) >= 11 is 0. The monoisotopic (exact) mass is 435 g/mol. The molecule has 1 aromatic heterocycles. The number of hydrogen-bond donors (Lipinski definition) is 2. The standard InChI is InChI=1S/C23H15F6NO/c24-22(25,26)17-9-5-15(6-10-17)21(31,16-7-11-18(12-8-16)23(27,28)29)20-13-14-3-1-2-4-19(14)30-20/h1-13,30-31H. The van der Waals surface area contributed by atoms with Crippen molar-refractivity contribution in [2.24, 2.45) is 0 Å². The summed E-state index contributed by atoms with van der Waals surface area (Å²) in [6.45, 7) is 0. The highest BCUT2D eigenvalue weighted by molar-refractivity contribution is 5.81. The van der Waals surface area contributed by atoms with Crippen LogP contribution in [0.5, 0.6) is 0 Å². The number of nitrogens with one attached hydrogen (secondary N) is 1. The third kappa shape index (κ3) is 3.79. The summed E-state index contributed by atoms with van der Waals surface area (Å²) in [4.78, 5) is 3.03. The van der Waals surface area contributed by atoms with Crippen LogP contribution in [-0.4, -0.2) is 10.1 Å². The molecule has 0 atom stereocenters. The number of rotatable bonds is 3. The first-order valence-electron chi connectivity index (χ1n) is 9.15. The normalized spacial score (nSPS) is 13.0. The number of fused-ring (bicyclic) bond motifs is 1. The molecular weight excluding hydrogens is 420 g/mol. The summed E-state index contributed by atoms with van der Waals surface area (Å²) < 4.78 is 77.9. The van der Waals surface area contributed by atoms with Gasteiger partial charge in [-0.15, -0.1) is 0 Å². The van der Waals surface area contributed by atoms with E-state index in [-0.39, 0.29) is 16.8 Å². The van der Waals surface area contributed by atoms with Crippen molar-refractivity contribution in [2.75, 3.05) is 0 Å². The van der Waals surface area contributed by atoms with E-state index in [9.17, 15) is 31.4 Å². The van der Waals surface area contributed by atoms with Gasteiger partial charge in [0.2, 0.25) is 0 Å². The van der Waals surface area contributed by atoms with E-state index in [0.29, 0.717) is 5.52 Å². The quantitative estimate of drug-likeness (QED) is 0.355. The molecule has 2 nitrogen and oxygen atoms in total. The molecule has 0 saturated heterocycles. The number of benzene rings is 3. The second kappa shape index (κ2) is 7.16. The topological polar surface area (TPSA) is 36.0 Å². The number of aromatic amines is 1. The van der Waals surface area contributed by atoms with Gasteiger partial charge in [0, 0.05) is 5.52 Å². The molecule has 4 aromatic rings. The highest BCUT2D eigenvalue weighted by Gasteiger charge is 2.38. The van der Waals surface area contributed by atoms with E-state index in [1.54, 1.807) is 30.3 Å². The van der Waals surface area contributed by atoms with E-state index in [4.69, 9.17) is 0 Å². The fourth-order valence-corrected chi connectivity index (χ4v) is 3.55. The van der Waals surface area contributed by atoms with Crippen molar-refractivity contribution in [1.29, 1.82) is 0 Å². The lowest BCUT2D eigenvalue weighted by molar-refractivity contribution is -0.138. The predicted molar refractivity (Wildman–Crippen MR) is 103 cm³/mol. The summed E-state index contributed by atoms with van der Waals surface area (Å²) in [5.41, 5.74) is -2.78. The summed E-state index contributed by atoms with van der Waals surface area (Å²) in [6.07, 6.45) is -9.13. The molecule has 2 N–H and O–H groups in total. The van der Waals surface area contributed by atoms with Crippen LogP contribution in [0.1, 0.15) is 27.9 Å². The zero-order valence-electron chi connectivity index (χ0n) is 15.7. The molecule has 3 aromatic carbocycles. The Morgan fingerprint density at radius 1 is 0.581 bits per heavy atom. The first-order valence-corrected chi connectivity index (χ1v) is 9.15. The van der Waals surface area contributed by atoms with Gasteiger partial charge in [-0.1, -0.05) is 42.5 Å². The number of aromatic nitrogens is 1. The van der Waals surface area contributed by atoms with Crippen LogP contribution >= 0.6 is 0 Å². The van der Waals surface area contributed by atoms with Crippen molar-refractivity contribution in [2.45, 2.75) is 18.0 Å². The largest absolute Gasteiger partial charge is 0.416 e. The summed E-state index contributed by atoms with van der Waals surface area (Å²) in [5, 5.41) is 12.5. The molecular formula is C23H15F6NO. The van der Waals surface area contributed by atoms with Gasteiger partial charge < -0.3 is 10.1 Å². The van der Waals surface area contributed by atoms with Crippen LogP contribution in [0.15, 0.2) is 78.9 Å². The maximum absolute atomic E-state index is 13.0. The zero-order chi connectivity index (χ0) is 22.4. The third-order valence-corrected chi connectivity index (χ3v) is 5.18. The fraction of sp³-hybridized carbons (Fsp3) is 0.130. The number of aliphatic hydroxyl groups is 1. The van der Waals surface area contributed by atoms with Crippen LogP contribution in [0, 0.1) is 0 Å². The molecule has 0 radical (unpaired) electrons. The Balaban J connectivity index is 1.90. The second-order valence-corrected chi connectivity index (χ2v) is 7.13. The first kappa shape index (κ1) is 21.0. The summed E-state index contributed by atoms with van der Waals surface area (Å²) in [6, 6.07) is 16.4. The van der Waals surface area contributed by atoms with Crippen molar-refractivity contribution in [3.8, 4) is 0 Å². The smallest absolute Gasteiger partial charge is 0.375 e. The van der Waals surface area contributed by atoms with E-state index >= 15 is 0 Å². The molecule has 4 rings (SSSR count). The molecule has 0 aliphatic heterocycles. The molecule has 0 fully saturated rings. The number of alkyl halides is 6. The zero-order valence-corrected chi connectivity index (χ0v) is 15.7. The third-order valence-electron chi connectivity index (χ3n) is 5.18. The molecule has 0 aliphatic carbocycles. The average Bonchev–Trinajstić information content (AvgIpc) is 3.17. The van der Waals surface area contributed by atoms with Crippen molar-refractivity contribution in [3.63, 3.8) is 0 Å². The van der Waals surface area contributed by atoms with Crippen LogP contribution in [0.2, 0.25) is 0 Å². The number of hydrogen-bond acceptors (Lipinski definition) is 1. The molecule has 1 heterocycles. The van der Waals surface area contributed by atoms with Gasteiger partial charge in [0.05, 0.1) is 16.8 Å². The minimum Gasteiger partial charge on any atom is -0.375 e. The van der Waals surface area contributed by atoms with Crippen LogP contribution in [0.25, 0.3) is 10.9 Å². The van der Waals surface area contributed by atoms with Gasteiger partial charge in [0.25, 0.3) is 0 Å². The number of para-hydroxylation sites is 1. The minimum atomic E-state index is -4.56. The van der Waals surface area contributed by atoms with Gasteiger partial charge in [0.15, 0.2) is 5.60 Å². The Labute approximate surface area is 172 Å². The van der Waals surface area contributed by atoms with Gasteiger partial charge in [0.1, 0.15) is 0 Å². The molecule has 0 bridgehead atoms. The molecule has 0 saturated carbocycles. The van der Waals surface area contributed by atoms with Gasteiger partial charge in [-0.25, -0.2) is 0 Å². The van der Waals surface area contributed by atoms with Gasteiger partial charge in [-0.3, -0.25) is 0 Å². The maximum Gasteiger partial charge on any atom is 0.416 e. The number of H-pyrrole nitrogens is 1. The van der Waals surface area contributed by atoms with Crippen molar-refractivity contribution >= 4 is 10.9 Å². The van der Waals surface area contributed by atoms with Gasteiger partial charge in [-0.2, -0.15) is 26.3 Å². The van der Waals surface area contributed by atoms with Crippen LogP contribution in [0.3, 0.4) is 0 Å². The Morgan fingerprint density at radius 3 is 1.42 bits per heavy atom. The lowest BCUT2D eigenvalue weighted by Gasteiger charge is -2.29. The second-order valence-electron chi connectivity index (χ2n) is 7.13. The lowest BCUT2D eigenvalue weighted by atomic mass is 9.83. The first-order chi connectivity index (χ1) is 14.5. The van der Waals surface area contributed by atoms with Crippen molar-refractivity contribution < 1.29 is 31.4 Å². The van der Waals surface area contributed by atoms with E-state index in [0.717, 1.165) is 53.9 Å². The average molecular weight is 435 g/mol. The Morgan fingerprint density at radius 2 is 1.00 bits per heavy atom. The van der Waals surface area contributed by atoms with Gasteiger partial charge in [-0.05, 0) is 52.9 Å². The van der Waals surface area contributed by atoms with E-state index < -0.39 is 29.1 Å². The van der Waals surface area contributed by atoms with Crippen LogP contribution in [0.4, 0.5) is 26.3 Å². The maximum atomic E-state index is 13.0. The fourth-order valence-electron chi connectivity index (χ4n) is 3.55. The molecule has 0 spiro atoms. The molecule has 0 unspecified atom stereocenters. The van der Waals surface area contributed by atoms with Gasteiger partial charge >= 0.3 is 12.4 Å². The molecule has 31 heavy (non-hydrogen) atoms. The molecule has 0 aliphatic rings. The number of halogens is 6. The highest BCUT2D eigenvalue weighted by Crippen LogP contribution is 2.40. The lowest BCUT2D eigenvalue weighted by Crippen LogP contribution is -2.29. The van der Waals surface area contributed by atoms with Crippen LogP contribution in [-0.2, 0) is 18.0 Å². The van der Waals surface area contributed by atoms with Crippen molar-refractivity contribution in [1.82, 2.24) is 4.98 Å². The van der Waals surface area contributed by atoms with Crippen LogP contribution < -0.4 is 0 Å². The van der Waals surface area contributed by atoms with E-state index in [1.165, 1.54) is 0 Å². The Kier molecular flexibility index (Phi) is 4.85. The summed E-state index contributed by atoms with van der Waals surface area (Å²) in [7, 11) is 0. The van der Waals surface area contributed by atoms with Crippen molar-refractivity contribution in [3.05, 3.63) is 107 Å². The predicted octanol–water partition coefficient (Wildman–Crippen LogP) is 6.49. The minimum absolute atomic E-state index is 0.0758. The Bertz CT molecular complexity index is 1110.